The standard InChI is InChI=1S/C13H16N2O5/c14-13(5-6-19-8-13)12(18)15-9-3-1-2-4-10(9)20-7-11(16)17/h1-4H,5-8,14H2,(H,15,18)(H,16,17). The van der Waals surface area contributed by atoms with Crippen molar-refractivity contribution in [2.75, 3.05) is 25.1 Å². The number of amides is 1. The molecule has 0 spiro atoms. The smallest absolute Gasteiger partial charge is 0.341 e. The number of carboxylic acid groups (broad SMARTS) is 1. The summed E-state index contributed by atoms with van der Waals surface area (Å²) in [6.07, 6.45) is 0.441. The molecule has 4 N–H and O–H groups in total. The van der Waals surface area contributed by atoms with Crippen LogP contribution in [0.4, 0.5) is 5.69 Å². The van der Waals surface area contributed by atoms with Gasteiger partial charge in [-0.3, -0.25) is 4.79 Å². The van der Waals surface area contributed by atoms with Crippen molar-refractivity contribution in [1.29, 1.82) is 0 Å². The maximum absolute atomic E-state index is 12.1. The lowest BCUT2D eigenvalue weighted by molar-refractivity contribution is -0.139. The molecule has 1 aromatic rings. The number of rotatable bonds is 5. The van der Waals surface area contributed by atoms with Crippen LogP contribution >= 0.6 is 0 Å². The van der Waals surface area contributed by atoms with Crippen LogP contribution in [-0.2, 0) is 14.3 Å². The third-order valence-corrected chi connectivity index (χ3v) is 2.99. The molecule has 1 atom stereocenters. The number of hydrogen-bond donors (Lipinski definition) is 3. The van der Waals surface area contributed by atoms with Crippen LogP contribution < -0.4 is 15.8 Å². The van der Waals surface area contributed by atoms with E-state index in [1.165, 1.54) is 0 Å². The van der Waals surface area contributed by atoms with E-state index in [1.807, 2.05) is 0 Å². The van der Waals surface area contributed by atoms with E-state index in [1.54, 1.807) is 24.3 Å². The van der Waals surface area contributed by atoms with Crippen molar-refractivity contribution in [1.82, 2.24) is 0 Å². The molecule has 0 radical (unpaired) electrons. The van der Waals surface area contributed by atoms with Crippen LogP contribution in [0.3, 0.4) is 0 Å². The van der Waals surface area contributed by atoms with Crippen LogP contribution in [0.1, 0.15) is 6.42 Å². The summed E-state index contributed by atoms with van der Waals surface area (Å²) < 4.78 is 10.2. The molecule has 1 saturated heterocycles. The van der Waals surface area contributed by atoms with Gasteiger partial charge >= 0.3 is 5.97 Å². The number of carbonyl (C=O) groups excluding carboxylic acids is 1. The molecular formula is C13H16N2O5. The summed E-state index contributed by atoms with van der Waals surface area (Å²) >= 11 is 0. The summed E-state index contributed by atoms with van der Waals surface area (Å²) in [7, 11) is 0. The highest BCUT2D eigenvalue weighted by Gasteiger charge is 2.38. The Kier molecular flexibility index (Phi) is 4.21. The van der Waals surface area contributed by atoms with Gasteiger partial charge in [-0.25, -0.2) is 4.79 Å². The minimum absolute atomic E-state index is 0.164. The summed E-state index contributed by atoms with van der Waals surface area (Å²) in [6.45, 7) is 0.127. The number of benzene rings is 1. The lowest BCUT2D eigenvalue weighted by Crippen LogP contribution is -2.51. The maximum Gasteiger partial charge on any atom is 0.341 e. The topological polar surface area (TPSA) is 111 Å². The summed E-state index contributed by atoms with van der Waals surface area (Å²) in [5, 5.41) is 11.3. The molecule has 20 heavy (non-hydrogen) atoms. The van der Waals surface area contributed by atoms with Crippen molar-refractivity contribution in [3.05, 3.63) is 24.3 Å². The highest BCUT2D eigenvalue weighted by Crippen LogP contribution is 2.26. The van der Waals surface area contributed by atoms with Crippen LogP contribution in [0, 0.1) is 0 Å². The molecule has 0 aromatic heterocycles. The molecule has 1 amide bonds. The summed E-state index contributed by atoms with van der Waals surface area (Å²) in [5.74, 6) is -1.18. The Morgan fingerprint density at radius 2 is 2.20 bits per heavy atom. The third-order valence-electron chi connectivity index (χ3n) is 2.99. The fourth-order valence-electron chi connectivity index (χ4n) is 1.84. The molecule has 108 valence electrons. The Hall–Kier alpha value is -2.12. The number of nitrogens with one attached hydrogen (secondary N) is 1. The highest BCUT2D eigenvalue weighted by molar-refractivity contribution is 5.99. The van der Waals surface area contributed by atoms with E-state index in [4.69, 9.17) is 20.3 Å². The second kappa shape index (κ2) is 5.89. The van der Waals surface area contributed by atoms with Gasteiger partial charge in [-0.1, -0.05) is 12.1 Å². The molecule has 0 aliphatic carbocycles. The average Bonchev–Trinajstić information content (AvgIpc) is 2.86. The van der Waals surface area contributed by atoms with Crippen LogP contribution in [0.25, 0.3) is 0 Å². The normalized spacial score (nSPS) is 21.4. The number of aliphatic carboxylic acids is 1. The van der Waals surface area contributed by atoms with Crippen LogP contribution in [0.2, 0.25) is 0 Å². The first-order valence-corrected chi connectivity index (χ1v) is 6.13. The maximum atomic E-state index is 12.1. The average molecular weight is 280 g/mol. The van der Waals surface area contributed by atoms with Crippen molar-refractivity contribution in [2.24, 2.45) is 5.73 Å². The number of carboxylic acids is 1. The van der Waals surface area contributed by atoms with E-state index < -0.39 is 18.1 Å². The number of anilines is 1. The number of para-hydroxylation sites is 2. The summed E-state index contributed by atoms with van der Waals surface area (Å²) in [6, 6.07) is 6.59. The van der Waals surface area contributed by atoms with E-state index in [0.29, 0.717) is 18.7 Å². The minimum atomic E-state index is -1.09. The Balaban J connectivity index is 2.08. The number of hydrogen-bond acceptors (Lipinski definition) is 5. The van der Waals surface area contributed by atoms with Gasteiger partial charge in [0.15, 0.2) is 6.61 Å². The van der Waals surface area contributed by atoms with Gasteiger partial charge in [0.25, 0.3) is 0 Å². The lowest BCUT2D eigenvalue weighted by Gasteiger charge is -2.21. The lowest BCUT2D eigenvalue weighted by atomic mass is 9.99. The fraction of sp³-hybridized carbons (Fsp3) is 0.385. The molecule has 1 fully saturated rings. The highest BCUT2D eigenvalue weighted by atomic mass is 16.5. The van der Waals surface area contributed by atoms with Gasteiger partial charge in [-0.05, 0) is 18.6 Å². The van der Waals surface area contributed by atoms with E-state index in [0.717, 1.165) is 0 Å². The van der Waals surface area contributed by atoms with E-state index in [2.05, 4.69) is 5.32 Å². The molecule has 1 heterocycles. The zero-order chi connectivity index (χ0) is 14.6. The van der Waals surface area contributed by atoms with Gasteiger partial charge in [0.05, 0.1) is 12.3 Å². The molecule has 2 rings (SSSR count). The molecular weight excluding hydrogens is 264 g/mol. The second-order valence-electron chi connectivity index (χ2n) is 4.59. The molecule has 1 aliphatic heterocycles. The quantitative estimate of drug-likeness (QED) is 0.711. The van der Waals surface area contributed by atoms with Gasteiger partial charge in [-0.2, -0.15) is 0 Å². The Morgan fingerprint density at radius 1 is 1.45 bits per heavy atom. The van der Waals surface area contributed by atoms with Crippen LogP contribution in [0.5, 0.6) is 5.75 Å². The van der Waals surface area contributed by atoms with E-state index in [-0.39, 0.29) is 18.3 Å². The summed E-state index contributed by atoms with van der Waals surface area (Å²) in [4.78, 5) is 22.7. The molecule has 7 nitrogen and oxygen atoms in total. The van der Waals surface area contributed by atoms with Crippen molar-refractivity contribution in [3.8, 4) is 5.75 Å². The predicted molar refractivity (Wildman–Crippen MR) is 70.6 cm³/mol. The zero-order valence-electron chi connectivity index (χ0n) is 10.8. The van der Waals surface area contributed by atoms with Crippen LogP contribution in [0.15, 0.2) is 24.3 Å². The molecule has 0 bridgehead atoms. The first kappa shape index (κ1) is 14.3. The number of nitrogens with two attached hydrogens (primary N) is 1. The second-order valence-corrected chi connectivity index (χ2v) is 4.59. The molecule has 0 saturated carbocycles. The van der Waals surface area contributed by atoms with Crippen LogP contribution in [-0.4, -0.2) is 42.3 Å². The number of carbonyl (C=O) groups is 2. The first-order valence-electron chi connectivity index (χ1n) is 6.13. The fourth-order valence-corrected chi connectivity index (χ4v) is 1.84. The van der Waals surface area contributed by atoms with Crippen molar-refractivity contribution in [2.45, 2.75) is 12.0 Å². The first-order chi connectivity index (χ1) is 9.51. The van der Waals surface area contributed by atoms with Gasteiger partial charge in [0.1, 0.15) is 11.3 Å². The van der Waals surface area contributed by atoms with Gasteiger partial charge in [0, 0.05) is 6.61 Å². The molecule has 1 aromatic carbocycles. The predicted octanol–water partition coefficient (Wildman–Crippen LogP) is 0.206. The molecule has 1 aliphatic rings. The number of ether oxygens (including phenoxy) is 2. The Labute approximate surface area is 115 Å². The molecule has 1 unspecified atom stereocenters. The summed E-state index contributed by atoms with van der Waals surface area (Å²) in [5.41, 5.74) is 5.28. The minimum Gasteiger partial charge on any atom is -0.480 e. The zero-order valence-corrected chi connectivity index (χ0v) is 10.8. The monoisotopic (exact) mass is 280 g/mol. The Bertz CT molecular complexity index is 511. The van der Waals surface area contributed by atoms with E-state index >= 15 is 0 Å². The van der Waals surface area contributed by atoms with Gasteiger partial charge in [0.2, 0.25) is 5.91 Å². The van der Waals surface area contributed by atoms with Crippen molar-refractivity contribution in [3.63, 3.8) is 0 Å². The third kappa shape index (κ3) is 3.25. The molecule has 7 heteroatoms. The van der Waals surface area contributed by atoms with Crippen molar-refractivity contribution >= 4 is 17.6 Å². The Morgan fingerprint density at radius 3 is 2.85 bits per heavy atom. The SMILES string of the molecule is NC1(C(=O)Nc2ccccc2OCC(=O)O)CCOC1. The van der Waals surface area contributed by atoms with Gasteiger partial charge < -0.3 is 25.6 Å². The van der Waals surface area contributed by atoms with Gasteiger partial charge in [-0.15, -0.1) is 0 Å². The van der Waals surface area contributed by atoms with E-state index in [9.17, 15) is 9.59 Å². The largest absolute Gasteiger partial charge is 0.480 e. The van der Waals surface area contributed by atoms with Crippen molar-refractivity contribution < 1.29 is 24.2 Å².